The van der Waals surface area contributed by atoms with Crippen LogP contribution in [0.2, 0.25) is 0 Å². The molecule has 0 spiro atoms. The summed E-state index contributed by atoms with van der Waals surface area (Å²) in [4.78, 5) is 0. The largest absolute Gasteiger partial charge is 0.384 e. The van der Waals surface area contributed by atoms with Gasteiger partial charge < -0.3 is 10.2 Å². The number of nitrogens with zero attached hydrogens (tertiary/aromatic N) is 3. The molecular weight excluding hydrogens is 194 g/mol. The average Bonchev–Trinajstić information content (AvgIpc) is 2.58. The first-order chi connectivity index (χ1) is 7.10. The molecule has 0 aromatic carbocycles. The standard InChI is InChI=1S/C10H15N3O2/c1-3-4-13-6-8(7(2)12-13)10(15)9(14)5-11/h6,9-10,14-15H,3-4H2,1-2H3. The quantitative estimate of drug-likeness (QED) is 0.708. The first-order valence-electron chi connectivity index (χ1n) is 4.89. The van der Waals surface area contributed by atoms with Crippen LogP contribution in [0.1, 0.15) is 30.7 Å². The molecule has 1 rings (SSSR count). The SMILES string of the molecule is CCCn1cc(C(O)C(O)C#N)c(C)n1. The maximum absolute atomic E-state index is 9.63. The van der Waals surface area contributed by atoms with Crippen LogP contribution in [-0.4, -0.2) is 26.1 Å². The Morgan fingerprint density at radius 1 is 1.60 bits per heavy atom. The molecule has 0 saturated carbocycles. The van der Waals surface area contributed by atoms with Crippen molar-refractivity contribution in [3.63, 3.8) is 0 Å². The highest BCUT2D eigenvalue weighted by atomic mass is 16.3. The van der Waals surface area contributed by atoms with E-state index in [2.05, 4.69) is 5.10 Å². The zero-order valence-electron chi connectivity index (χ0n) is 8.88. The van der Waals surface area contributed by atoms with E-state index in [1.807, 2.05) is 6.92 Å². The van der Waals surface area contributed by atoms with E-state index in [0.29, 0.717) is 11.3 Å². The van der Waals surface area contributed by atoms with E-state index < -0.39 is 12.2 Å². The van der Waals surface area contributed by atoms with Crippen LogP contribution in [0.25, 0.3) is 0 Å². The lowest BCUT2D eigenvalue weighted by Crippen LogP contribution is -2.16. The Kier molecular flexibility index (Phi) is 3.83. The molecule has 2 atom stereocenters. The fourth-order valence-electron chi connectivity index (χ4n) is 1.41. The molecule has 2 N–H and O–H groups in total. The lowest BCUT2D eigenvalue weighted by atomic mass is 10.1. The molecule has 5 heteroatoms. The first kappa shape index (κ1) is 11.7. The van der Waals surface area contributed by atoms with Gasteiger partial charge in [-0.1, -0.05) is 6.92 Å². The molecule has 0 saturated heterocycles. The van der Waals surface area contributed by atoms with E-state index in [9.17, 15) is 10.2 Å². The van der Waals surface area contributed by atoms with Gasteiger partial charge in [0.15, 0.2) is 6.10 Å². The van der Waals surface area contributed by atoms with E-state index in [1.165, 1.54) is 0 Å². The molecule has 0 aliphatic heterocycles. The van der Waals surface area contributed by atoms with Gasteiger partial charge in [0.2, 0.25) is 0 Å². The second-order valence-corrected chi connectivity index (χ2v) is 3.45. The number of aliphatic hydroxyl groups excluding tert-OH is 2. The van der Waals surface area contributed by atoms with Gasteiger partial charge in [0.1, 0.15) is 6.10 Å². The van der Waals surface area contributed by atoms with Crippen LogP contribution >= 0.6 is 0 Å². The maximum Gasteiger partial charge on any atom is 0.170 e. The lowest BCUT2D eigenvalue weighted by Gasteiger charge is -2.09. The molecule has 0 radical (unpaired) electrons. The molecule has 82 valence electrons. The van der Waals surface area contributed by atoms with Gasteiger partial charge in [0, 0.05) is 18.3 Å². The second kappa shape index (κ2) is 4.91. The lowest BCUT2D eigenvalue weighted by molar-refractivity contribution is 0.0523. The van der Waals surface area contributed by atoms with Crippen molar-refractivity contribution >= 4 is 0 Å². The molecule has 0 aliphatic carbocycles. The van der Waals surface area contributed by atoms with Crippen LogP contribution in [-0.2, 0) is 6.54 Å². The predicted molar refractivity (Wildman–Crippen MR) is 53.8 cm³/mol. The molecule has 0 aliphatic rings. The van der Waals surface area contributed by atoms with Crippen molar-refractivity contribution in [2.75, 3.05) is 0 Å². The van der Waals surface area contributed by atoms with E-state index in [1.54, 1.807) is 23.9 Å². The molecule has 1 aromatic rings. The van der Waals surface area contributed by atoms with Gasteiger partial charge in [0.05, 0.1) is 11.8 Å². The summed E-state index contributed by atoms with van der Waals surface area (Å²) in [6.07, 6.45) is 0.0326. The molecule has 0 fully saturated rings. The molecule has 5 nitrogen and oxygen atoms in total. The summed E-state index contributed by atoms with van der Waals surface area (Å²) in [6.45, 7) is 4.53. The Morgan fingerprint density at radius 3 is 2.80 bits per heavy atom. The Balaban J connectivity index is 2.90. The summed E-state index contributed by atoms with van der Waals surface area (Å²) in [5.74, 6) is 0. The van der Waals surface area contributed by atoms with Crippen molar-refractivity contribution in [1.29, 1.82) is 5.26 Å². The summed E-state index contributed by atoms with van der Waals surface area (Å²) >= 11 is 0. The first-order valence-corrected chi connectivity index (χ1v) is 4.89. The van der Waals surface area contributed by atoms with Crippen LogP contribution in [0.4, 0.5) is 0 Å². The Hall–Kier alpha value is -1.38. The molecule has 15 heavy (non-hydrogen) atoms. The predicted octanol–water partition coefficient (Wildman–Crippen LogP) is 0.519. The normalized spacial score (nSPS) is 14.6. The minimum atomic E-state index is -1.40. The van der Waals surface area contributed by atoms with Crippen molar-refractivity contribution in [3.8, 4) is 6.07 Å². The van der Waals surface area contributed by atoms with Crippen LogP contribution in [0.3, 0.4) is 0 Å². The zero-order chi connectivity index (χ0) is 11.4. The number of hydrogen-bond acceptors (Lipinski definition) is 4. The number of aliphatic hydroxyl groups is 2. The van der Waals surface area contributed by atoms with E-state index in [-0.39, 0.29) is 0 Å². The van der Waals surface area contributed by atoms with Crippen molar-refractivity contribution in [2.45, 2.75) is 39.0 Å². The van der Waals surface area contributed by atoms with Crippen molar-refractivity contribution in [3.05, 3.63) is 17.5 Å². The third kappa shape index (κ3) is 2.55. The molecule has 0 bridgehead atoms. The summed E-state index contributed by atoms with van der Waals surface area (Å²) in [6, 6.07) is 1.60. The molecule has 1 aromatic heterocycles. The smallest absolute Gasteiger partial charge is 0.170 e. The molecular formula is C10H15N3O2. The highest BCUT2D eigenvalue weighted by Gasteiger charge is 2.21. The number of nitriles is 1. The monoisotopic (exact) mass is 209 g/mol. The summed E-state index contributed by atoms with van der Waals surface area (Å²) < 4.78 is 1.71. The Morgan fingerprint density at radius 2 is 2.27 bits per heavy atom. The van der Waals surface area contributed by atoms with Gasteiger partial charge in [-0.25, -0.2) is 0 Å². The topological polar surface area (TPSA) is 82.1 Å². The van der Waals surface area contributed by atoms with Crippen LogP contribution in [0, 0.1) is 18.3 Å². The van der Waals surface area contributed by atoms with Crippen molar-refractivity contribution < 1.29 is 10.2 Å². The number of rotatable bonds is 4. The summed E-state index contributed by atoms with van der Waals surface area (Å²) in [7, 11) is 0. The zero-order valence-corrected chi connectivity index (χ0v) is 8.88. The maximum atomic E-state index is 9.63. The number of aryl methyl sites for hydroxylation is 2. The van der Waals surface area contributed by atoms with Crippen LogP contribution in [0.5, 0.6) is 0 Å². The Labute approximate surface area is 88.6 Å². The van der Waals surface area contributed by atoms with E-state index in [4.69, 9.17) is 5.26 Å². The second-order valence-electron chi connectivity index (χ2n) is 3.45. The molecule has 0 amide bonds. The molecule has 1 heterocycles. The highest BCUT2D eigenvalue weighted by Crippen LogP contribution is 2.19. The fraction of sp³-hybridized carbons (Fsp3) is 0.600. The van der Waals surface area contributed by atoms with Crippen molar-refractivity contribution in [1.82, 2.24) is 9.78 Å². The minimum absolute atomic E-state index is 0.512. The third-order valence-corrected chi connectivity index (χ3v) is 2.19. The minimum Gasteiger partial charge on any atom is -0.384 e. The van der Waals surface area contributed by atoms with E-state index >= 15 is 0 Å². The number of hydrogen-bond donors (Lipinski definition) is 2. The van der Waals surface area contributed by atoms with Gasteiger partial charge in [0.25, 0.3) is 0 Å². The van der Waals surface area contributed by atoms with Crippen LogP contribution < -0.4 is 0 Å². The molecule has 2 unspecified atom stereocenters. The summed E-state index contributed by atoms with van der Waals surface area (Å²) in [5.41, 5.74) is 1.16. The highest BCUT2D eigenvalue weighted by molar-refractivity contribution is 5.21. The average molecular weight is 209 g/mol. The summed E-state index contributed by atoms with van der Waals surface area (Å²) in [5, 5.41) is 31.5. The number of aromatic nitrogens is 2. The van der Waals surface area contributed by atoms with Crippen LogP contribution in [0.15, 0.2) is 6.20 Å². The fourth-order valence-corrected chi connectivity index (χ4v) is 1.41. The van der Waals surface area contributed by atoms with Gasteiger partial charge in [-0.2, -0.15) is 10.4 Å². The van der Waals surface area contributed by atoms with Gasteiger partial charge in [-0.05, 0) is 13.3 Å². The third-order valence-electron chi connectivity index (χ3n) is 2.19. The van der Waals surface area contributed by atoms with Crippen molar-refractivity contribution in [2.24, 2.45) is 0 Å². The van der Waals surface area contributed by atoms with E-state index in [0.717, 1.165) is 13.0 Å². The van der Waals surface area contributed by atoms with Gasteiger partial charge >= 0.3 is 0 Å². The Bertz CT molecular complexity index is 367. The van der Waals surface area contributed by atoms with Gasteiger partial charge in [-0.3, -0.25) is 4.68 Å². The van der Waals surface area contributed by atoms with Gasteiger partial charge in [-0.15, -0.1) is 0 Å².